The summed E-state index contributed by atoms with van der Waals surface area (Å²) in [6, 6.07) is 31.7. The Morgan fingerprint density at radius 1 is 0.296 bits per heavy atom. The standard InChI is InChI=1S/C97H128S7Si4/c1-28-30-32-34-36-78-57-84(89(101-78)50-54-107(67(15)16,68(17)18)69(19)20)74-38-42-76(43-39-74)91-82(48-52-105(61(3)4,62(5)6)63(7)8)94-96(103-91)87(59-98-94)80-46-47-81(93-86(80)56-73(27)100-93)88-60-99-95-83(49-53-106(64(9)10,65(11)12)66(13)14)92(104-97(88)95)77-44-40-75(41-45-77)85-58-79(37-35-33-31-29-2)102-90(85)51-55-108(70(21)22,71(23)24)72(25)26/h38-47,56-72H,28-37H2,1-27H3. The number of unbranched alkanes of at least 4 members (excludes halogenated alkanes) is 6. The van der Waals surface area contributed by atoms with Gasteiger partial charge in [-0.1, -0.05) is 303 Å². The smallest absolute Gasteiger partial charge is 0.141 e. The molecule has 7 aromatic heterocycles. The molecule has 10 rings (SSSR count). The van der Waals surface area contributed by atoms with Crippen LogP contribution in [0.15, 0.2) is 89.6 Å². The average Bonchev–Trinajstić information content (AvgIpc) is 1.57. The number of fused-ring (bicyclic) bond motifs is 3. The van der Waals surface area contributed by atoms with Crippen molar-refractivity contribution in [1.29, 1.82) is 0 Å². The SMILES string of the molecule is CCCCCCc1cc(-c2ccc(-c3sc4c(-c5ccc(-c6csc7c(C#C[Si](C(C)C)(C(C)C)C(C)C)c(-c8ccc(-c9cc(CCCCCC)sc9C#C[Si](C(C)C)(C(C)C)C(C)C)cc8)sc67)c6sc(C)cc56)csc4c3C#C[Si](C(C)C)(C(C)C)C(C)C)cc2)c(C#C[Si](C(C)C)(C(C)C)C(C)C)s1. The van der Waals surface area contributed by atoms with Gasteiger partial charge in [-0.05, 0) is 145 Å². The zero-order valence-corrected chi connectivity index (χ0v) is 80.7. The van der Waals surface area contributed by atoms with Crippen LogP contribution in [0.25, 0.3) is 94.3 Å². The molecular formula is C97H128S7Si4. The molecule has 108 heavy (non-hydrogen) atoms. The van der Waals surface area contributed by atoms with E-state index >= 15 is 0 Å². The van der Waals surface area contributed by atoms with Crippen LogP contribution in [0.3, 0.4) is 0 Å². The first-order valence-electron chi connectivity index (χ1n) is 41.5. The number of hydrogen-bond donors (Lipinski definition) is 0. The highest BCUT2D eigenvalue weighted by Gasteiger charge is 2.45. The maximum Gasteiger partial charge on any atom is 0.146 e. The minimum atomic E-state index is -2.11. The fraction of sp³-hybridized carbons (Fsp3) is 0.505. The lowest BCUT2D eigenvalue weighted by Crippen LogP contribution is -2.43. The molecule has 0 nitrogen and oxygen atoms in total. The van der Waals surface area contributed by atoms with E-state index in [1.165, 1.54) is 181 Å². The lowest BCUT2D eigenvalue weighted by molar-refractivity contribution is 0.670. The molecule has 0 aliphatic carbocycles. The Labute approximate surface area is 688 Å². The molecular weight excluding hydrogens is 1500 g/mol. The van der Waals surface area contributed by atoms with Gasteiger partial charge in [0.1, 0.15) is 32.3 Å². The lowest BCUT2D eigenvalue weighted by Gasteiger charge is -2.38. The van der Waals surface area contributed by atoms with Gasteiger partial charge in [0.15, 0.2) is 0 Å². The maximum absolute atomic E-state index is 4.25. The molecule has 0 N–H and O–H groups in total. The molecule has 0 aliphatic rings. The summed E-state index contributed by atoms with van der Waals surface area (Å²) in [7, 11) is -8.13. The first-order chi connectivity index (χ1) is 51.3. The predicted molar refractivity (Wildman–Crippen MR) is 509 cm³/mol. The van der Waals surface area contributed by atoms with Crippen molar-refractivity contribution < 1.29 is 0 Å². The average molecular weight is 1630 g/mol. The molecule has 0 saturated carbocycles. The van der Waals surface area contributed by atoms with Crippen molar-refractivity contribution in [1.82, 2.24) is 0 Å². The van der Waals surface area contributed by atoms with Crippen LogP contribution in [-0.2, 0) is 12.8 Å². The summed E-state index contributed by atoms with van der Waals surface area (Å²) in [5.41, 5.74) is 38.8. The number of hydrogen-bond acceptors (Lipinski definition) is 7. The highest BCUT2D eigenvalue weighted by atomic mass is 32.1. The van der Waals surface area contributed by atoms with Crippen molar-refractivity contribution in [2.24, 2.45) is 0 Å². The van der Waals surface area contributed by atoms with E-state index in [2.05, 4.69) is 322 Å². The van der Waals surface area contributed by atoms with Gasteiger partial charge in [-0.2, -0.15) is 0 Å². The van der Waals surface area contributed by atoms with Crippen LogP contribution < -0.4 is 0 Å². The van der Waals surface area contributed by atoms with Crippen LogP contribution in [0.1, 0.15) is 267 Å². The molecule has 0 unspecified atom stereocenters. The molecule has 10 aromatic rings. The van der Waals surface area contributed by atoms with Crippen molar-refractivity contribution in [3.8, 4) is 111 Å². The van der Waals surface area contributed by atoms with Gasteiger partial charge in [-0.15, -0.1) is 102 Å². The topological polar surface area (TPSA) is 0 Å². The third kappa shape index (κ3) is 16.9. The van der Waals surface area contributed by atoms with E-state index in [4.69, 9.17) is 0 Å². The summed E-state index contributed by atoms with van der Waals surface area (Å²) in [6.45, 7) is 65.6. The number of rotatable bonds is 28. The van der Waals surface area contributed by atoms with E-state index in [0.717, 1.165) is 12.8 Å². The van der Waals surface area contributed by atoms with E-state index in [0.29, 0.717) is 66.5 Å². The summed E-state index contributed by atoms with van der Waals surface area (Å²) >= 11 is 13.6. The zero-order chi connectivity index (χ0) is 78.6. The van der Waals surface area contributed by atoms with Crippen LogP contribution in [0.2, 0.25) is 66.5 Å². The zero-order valence-electron chi connectivity index (χ0n) is 71.0. The monoisotopic (exact) mass is 1630 g/mol. The molecule has 574 valence electrons. The van der Waals surface area contributed by atoms with Gasteiger partial charge in [-0.3, -0.25) is 0 Å². The summed E-state index contributed by atoms with van der Waals surface area (Å²) < 4.78 is 6.70. The first-order valence-corrected chi connectivity index (χ1v) is 56.2. The molecule has 0 atom stereocenters. The predicted octanol–water partition coefficient (Wildman–Crippen LogP) is 34.4. The molecule has 0 spiro atoms. The fourth-order valence-corrected chi connectivity index (χ4v) is 49.0. The molecule has 0 amide bonds. The number of benzene rings is 3. The molecule has 3 aromatic carbocycles. The summed E-state index contributed by atoms with van der Waals surface area (Å²) in [5, 5.41) is 6.26. The Morgan fingerprint density at radius 2 is 0.611 bits per heavy atom. The highest BCUT2D eigenvalue weighted by Crippen LogP contribution is 2.55. The van der Waals surface area contributed by atoms with Crippen molar-refractivity contribution in [2.75, 3.05) is 0 Å². The quantitative estimate of drug-likeness (QED) is 0.0260. The second-order valence-corrected chi connectivity index (χ2v) is 64.9. The Bertz CT molecular complexity index is 4600. The Kier molecular flexibility index (Phi) is 28.9. The summed E-state index contributed by atoms with van der Waals surface area (Å²) in [6.07, 6.45) is 12.3. The van der Waals surface area contributed by atoms with Crippen LogP contribution in [-0.4, -0.2) is 32.3 Å². The lowest BCUT2D eigenvalue weighted by atomic mass is 9.98. The van der Waals surface area contributed by atoms with Crippen molar-refractivity contribution in [3.63, 3.8) is 0 Å². The van der Waals surface area contributed by atoms with Gasteiger partial charge in [-0.25, -0.2) is 0 Å². The molecule has 7 heterocycles. The molecule has 0 bridgehead atoms. The summed E-state index contributed by atoms with van der Waals surface area (Å²) in [5.74, 6) is 16.2. The van der Waals surface area contributed by atoms with Gasteiger partial charge in [0, 0.05) is 63.3 Å². The minimum Gasteiger partial charge on any atom is -0.141 e. The molecule has 0 fully saturated rings. The Hall–Kier alpha value is -4.55. The Morgan fingerprint density at radius 3 is 0.944 bits per heavy atom. The van der Waals surface area contributed by atoms with Gasteiger partial charge in [0.05, 0.1) is 49.4 Å². The van der Waals surface area contributed by atoms with E-state index < -0.39 is 32.3 Å². The minimum absolute atomic E-state index is 0.529. The molecule has 0 aliphatic heterocycles. The molecule has 0 saturated heterocycles. The maximum atomic E-state index is 4.25. The third-order valence-corrected chi connectivity index (χ3v) is 58.5. The van der Waals surface area contributed by atoms with Crippen molar-refractivity contribution >= 4 is 141 Å². The van der Waals surface area contributed by atoms with E-state index in [1.54, 1.807) is 0 Å². The van der Waals surface area contributed by atoms with Gasteiger partial charge in [0.25, 0.3) is 0 Å². The van der Waals surface area contributed by atoms with Crippen molar-refractivity contribution in [2.45, 2.75) is 318 Å². The van der Waals surface area contributed by atoms with E-state index in [1.807, 2.05) is 79.4 Å². The third-order valence-electron chi connectivity index (χ3n) is 25.3. The second-order valence-electron chi connectivity index (χ2n) is 35.3. The van der Waals surface area contributed by atoms with E-state index in [9.17, 15) is 0 Å². The van der Waals surface area contributed by atoms with Crippen LogP contribution in [0.5, 0.6) is 0 Å². The van der Waals surface area contributed by atoms with Gasteiger partial charge >= 0.3 is 0 Å². The van der Waals surface area contributed by atoms with Crippen LogP contribution >= 0.6 is 79.4 Å². The second kappa shape index (κ2) is 36.3. The molecule has 11 heteroatoms. The normalized spacial score (nSPS) is 12.7. The summed E-state index contributed by atoms with van der Waals surface area (Å²) in [4.78, 5) is 9.33. The van der Waals surface area contributed by atoms with Gasteiger partial charge in [0.2, 0.25) is 0 Å². The Balaban J connectivity index is 1.11. The first kappa shape index (κ1) is 85.9. The van der Waals surface area contributed by atoms with Crippen LogP contribution in [0.4, 0.5) is 0 Å². The number of aryl methyl sites for hydroxylation is 3. The van der Waals surface area contributed by atoms with Crippen molar-refractivity contribution in [3.05, 3.63) is 125 Å². The molecule has 0 radical (unpaired) electrons. The van der Waals surface area contributed by atoms with E-state index in [-0.39, 0.29) is 0 Å². The van der Waals surface area contributed by atoms with Crippen LogP contribution in [0, 0.1) is 52.8 Å². The fourth-order valence-electron chi connectivity index (χ4n) is 19.7. The number of thiophene rings is 7. The van der Waals surface area contributed by atoms with Gasteiger partial charge < -0.3 is 0 Å². The highest BCUT2D eigenvalue weighted by molar-refractivity contribution is 7.31. The largest absolute Gasteiger partial charge is 0.146 e.